The standard InChI is InChI=1S/C18H30O3/c1-8-9-10-11-13-14(21-16(19)18(5,6)7)12-15(20-13)17(2,3)4/h12H,8-11H2,1-7H3. The van der Waals surface area contributed by atoms with Crippen molar-refractivity contribution in [1.82, 2.24) is 0 Å². The maximum Gasteiger partial charge on any atom is 0.316 e. The Morgan fingerprint density at radius 3 is 2.24 bits per heavy atom. The lowest BCUT2D eigenvalue weighted by molar-refractivity contribution is -0.143. The zero-order valence-electron chi connectivity index (χ0n) is 14.6. The summed E-state index contributed by atoms with van der Waals surface area (Å²) >= 11 is 0. The summed E-state index contributed by atoms with van der Waals surface area (Å²) in [5, 5.41) is 0. The Balaban J connectivity index is 2.98. The van der Waals surface area contributed by atoms with Gasteiger partial charge in [-0.3, -0.25) is 4.79 Å². The first kappa shape index (κ1) is 17.8. The Hall–Kier alpha value is -1.25. The van der Waals surface area contributed by atoms with Crippen molar-refractivity contribution in [3.63, 3.8) is 0 Å². The van der Waals surface area contributed by atoms with Crippen LogP contribution in [-0.2, 0) is 16.6 Å². The molecule has 120 valence electrons. The van der Waals surface area contributed by atoms with Gasteiger partial charge in [0, 0.05) is 17.9 Å². The molecule has 0 spiro atoms. The molecule has 1 rings (SSSR count). The first-order valence-corrected chi connectivity index (χ1v) is 7.91. The van der Waals surface area contributed by atoms with Crippen molar-refractivity contribution in [3.8, 4) is 5.75 Å². The molecule has 3 heteroatoms. The minimum atomic E-state index is -0.514. The van der Waals surface area contributed by atoms with Crippen molar-refractivity contribution < 1.29 is 13.9 Å². The van der Waals surface area contributed by atoms with Gasteiger partial charge >= 0.3 is 5.97 Å². The number of hydrogen-bond donors (Lipinski definition) is 0. The van der Waals surface area contributed by atoms with Crippen LogP contribution in [0.15, 0.2) is 10.5 Å². The molecule has 0 saturated carbocycles. The minimum Gasteiger partial charge on any atom is -0.461 e. The number of carbonyl (C=O) groups is 1. The highest BCUT2D eigenvalue weighted by molar-refractivity contribution is 5.78. The molecule has 21 heavy (non-hydrogen) atoms. The molecule has 0 aliphatic carbocycles. The molecular formula is C18H30O3. The molecule has 0 bridgehead atoms. The third kappa shape index (κ3) is 5.22. The molecular weight excluding hydrogens is 264 g/mol. The summed E-state index contributed by atoms with van der Waals surface area (Å²) in [6.07, 6.45) is 4.17. The monoisotopic (exact) mass is 294 g/mol. The van der Waals surface area contributed by atoms with Crippen LogP contribution < -0.4 is 4.74 Å². The Bertz CT molecular complexity index is 470. The molecule has 0 radical (unpaired) electrons. The summed E-state index contributed by atoms with van der Waals surface area (Å²) in [7, 11) is 0. The molecule has 3 nitrogen and oxygen atoms in total. The van der Waals surface area contributed by atoms with E-state index in [1.807, 2.05) is 26.8 Å². The van der Waals surface area contributed by atoms with Crippen LogP contribution in [-0.4, -0.2) is 5.97 Å². The third-order valence-electron chi connectivity index (χ3n) is 3.33. The van der Waals surface area contributed by atoms with Crippen molar-refractivity contribution in [2.24, 2.45) is 5.41 Å². The van der Waals surface area contributed by atoms with Gasteiger partial charge in [-0.05, 0) is 27.2 Å². The van der Waals surface area contributed by atoms with Gasteiger partial charge in [0.25, 0.3) is 0 Å². The quantitative estimate of drug-likeness (QED) is 0.549. The molecule has 0 fully saturated rings. The maximum atomic E-state index is 12.1. The summed E-state index contributed by atoms with van der Waals surface area (Å²) in [4.78, 5) is 12.1. The molecule has 0 atom stereocenters. The second-order valence-electron chi connectivity index (χ2n) is 7.74. The number of ether oxygens (including phenoxy) is 1. The van der Waals surface area contributed by atoms with Crippen LogP contribution in [0.3, 0.4) is 0 Å². The van der Waals surface area contributed by atoms with Crippen LogP contribution in [0, 0.1) is 5.41 Å². The van der Waals surface area contributed by atoms with Gasteiger partial charge in [0.15, 0.2) is 5.75 Å². The molecule has 1 aromatic heterocycles. The molecule has 0 aromatic carbocycles. The van der Waals surface area contributed by atoms with Gasteiger partial charge in [0.1, 0.15) is 11.5 Å². The lowest BCUT2D eigenvalue weighted by Gasteiger charge is -2.16. The Morgan fingerprint density at radius 2 is 1.76 bits per heavy atom. The fraction of sp³-hybridized carbons (Fsp3) is 0.722. The van der Waals surface area contributed by atoms with Crippen LogP contribution in [0.25, 0.3) is 0 Å². The zero-order chi connectivity index (χ0) is 16.3. The van der Waals surface area contributed by atoms with Crippen molar-refractivity contribution in [2.45, 2.75) is 79.6 Å². The number of esters is 1. The molecule has 0 saturated heterocycles. The van der Waals surface area contributed by atoms with Gasteiger partial charge < -0.3 is 9.15 Å². The van der Waals surface area contributed by atoms with Crippen LogP contribution >= 0.6 is 0 Å². The average molecular weight is 294 g/mol. The van der Waals surface area contributed by atoms with Crippen molar-refractivity contribution >= 4 is 5.97 Å². The number of furan rings is 1. The van der Waals surface area contributed by atoms with Gasteiger partial charge in [0.05, 0.1) is 5.41 Å². The molecule has 1 heterocycles. The van der Waals surface area contributed by atoms with E-state index in [0.717, 1.165) is 37.2 Å². The summed E-state index contributed by atoms with van der Waals surface area (Å²) in [5.74, 6) is 2.04. The number of carbonyl (C=O) groups excluding carboxylic acids is 1. The average Bonchev–Trinajstić information content (AvgIpc) is 2.71. The predicted octanol–water partition coefficient (Wildman–Crippen LogP) is 5.26. The summed E-state index contributed by atoms with van der Waals surface area (Å²) < 4.78 is 11.5. The second-order valence-corrected chi connectivity index (χ2v) is 7.74. The van der Waals surface area contributed by atoms with Crippen molar-refractivity contribution in [1.29, 1.82) is 0 Å². The highest BCUT2D eigenvalue weighted by Crippen LogP contribution is 2.34. The smallest absolute Gasteiger partial charge is 0.316 e. The number of aryl methyl sites for hydroxylation is 1. The second kappa shape index (κ2) is 6.67. The summed E-state index contributed by atoms with van der Waals surface area (Å²) in [5.41, 5.74) is -0.605. The van der Waals surface area contributed by atoms with E-state index in [1.54, 1.807) is 0 Å². The topological polar surface area (TPSA) is 39.4 Å². The maximum absolute atomic E-state index is 12.1. The van der Waals surface area contributed by atoms with Crippen LogP contribution in [0.1, 0.15) is 79.2 Å². The Labute approximate surface area is 129 Å². The third-order valence-corrected chi connectivity index (χ3v) is 3.33. The van der Waals surface area contributed by atoms with E-state index in [9.17, 15) is 4.79 Å². The fourth-order valence-corrected chi connectivity index (χ4v) is 1.83. The highest BCUT2D eigenvalue weighted by Gasteiger charge is 2.28. The van der Waals surface area contributed by atoms with Gasteiger partial charge in [-0.15, -0.1) is 0 Å². The van der Waals surface area contributed by atoms with Gasteiger partial charge in [-0.2, -0.15) is 0 Å². The van der Waals surface area contributed by atoms with Crippen molar-refractivity contribution in [3.05, 3.63) is 17.6 Å². The van der Waals surface area contributed by atoms with E-state index in [2.05, 4.69) is 27.7 Å². The first-order valence-electron chi connectivity index (χ1n) is 7.91. The van der Waals surface area contributed by atoms with E-state index >= 15 is 0 Å². The van der Waals surface area contributed by atoms with Gasteiger partial charge in [-0.1, -0.05) is 40.5 Å². The zero-order valence-corrected chi connectivity index (χ0v) is 14.6. The first-order chi connectivity index (χ1) is 9.55. The Kier molecular flexibility index (Phi) is 5.66. The molecule has 1 aromatic rings. The largest absolute Gasteiger partial charge is 0.461 e. The highest BCUT2D eigenvalue weighted by atomic mass is 16.5. The molecule has 0 aliphatic rings. The van der Waals surface area contributed by atoms with Crippen LogP contribution in [0.5, 0.6) is 5.75 Å². The summed E-state index contributed by atoms with van der Waals surface area (Å²) in [6.45, 7) is 14.0. The lowest BCUT2D eigenvalue weighted by Crippen LogP contribution is -2.25. The van der Waals surface area contributed by atoms with E-state index in [0.29, 0.717) is 5.75 Å². The minimum absolute atomic E-state index is 0.0914. The molecule has 0 unspecified atom stereocenters. The number of unbranched alkanes of at least 4 members (excludes halogenated alkanes) is 2. The molecule has 0 aliphatic heterocycles. The Morgan fingerprint density at radius 1 is 1.14 bits per heavy atom. The summed E-state index contributed by atoms with van der Waals surface area (Å²) in [6, 6.07) is 1.88. The normalized spacial score (nSPS) is 12.5. The fourth-order valence-electron chi connectivity index (χ4n) is 1.83. The van der Waals surface area contributed by atoms with Gasteiger partial charge in [0.2, 0.25) is 0 Å². The lowest BCUT2D eigenvalue weighted by atomic mass is 9.93. The van der Waals surface area contributed by atoms with Crippen LogP contribution in [0.2, 0.25) is 0 Å². The SMILES string of the molecule is CCCCCc1oc(C(C)(C)C)cc1OC(=O)C(C)(C)C. The predicted molar refractivity (Wildman–Crippen MR) is 85.7 cm³/mol. The number of hydrogen-bond acceptors (Lipinski definition) is 3. The van der Waals surface area contributed by atoms with E-state index in [1.165, 1.54) is 0 Å². The molecule has 0 N–H and O–H groups in total. The number of rotatable bonds is 5. The van der Waals surface area contributed by atoms with Crippen LogP contribution in [0.4, 0.5) is 0 Å². The molecule has 0 amide bonds. The van der Waals surface area contributed by atoms with E-state index in [4.69, 9.17) is 9.15 Å². The van der Waals surface area contributed by atoms with Gasteiger partial charge in [-0.25, -0.2) is 0 Å². The van der Waals surface area contributed by atoms with Crippen molar-refractivity contribution in [2.75, 3.05) is 0 Å². The van der Waals surface area contributed by atoms with E-state index in [-0.39, 0.29) is 11.4 Å². The van der Waals surface area contributed by atoms with E-state index < -0.39 is 5.41 Å².